The van der Waals surface area contributed by atoms with Crippen molar-refractivity contribution in [1.29, 1.82) is 0 Å². The van der Waals surface area contributed by atoms with Crippen molar-refractivity contribution in [3.8, 4) is 0 Å². The first-order valence-corrected chi connectivity index (χ1v) is 7.17. The predicted octanol–water partition coefficient (Wildman–Crippen LogP) is 3.13. The lowest BCUT2D eigenvalue weighted by atomic mass is 9.82. The maximum atomic E-state index is 12.6. The van der Waals surface area contributed by atoms with Gasteiger partial charge < -0.3 is 5.32 Å². The van der Waals surface area contributed by atoms with Gasteiger partial charge in [-0.15, -0.1) is 0 Å². The first-order valence-electron chi connectivity index (χ1n) is 7.17. The highest BCUT2D eigenvalue weighted by atomic mass is 16.1. The van der Waals surface area contributed by atoms with Crippen LogP contribution < -0.4 is 5.32 Å². The highest BCUT2D eigenvalue weighted by Crippen LogP contribution is 2.29. The van der Waals surface area contributed by atoms with Gasteiger partial charge in [0.15, 0.2) is 11.6 Å². The van der Waals surface area contributed by atoms with Crippen LogP contribution in [-0.2, 0) is 0 Å². The Bertz CT molecular complexity index is 730. The minimum absolute atomic E-state index is 0.0620. The second-order valence-electron chi connectivity index (χ2n) is 5.26. The van der Waals surface area contributed by atoms with E-state index in [1.807, 2.05) is 19.2 Å². The number of carbonyl (C=O) groups excluding carboxylic acids is 2. The molecule has 1 aliphatic carbocycles. The summed E-state index contributed by atoms with van der Waals surface area (Å²) in [5, 5.41) is 3.22. The van der Waals surface area contributed by atoms with Crippen molar-refractivity contribution in [2.24, 2.45) is 0 Å². The first-order chi connectivity index (χ1) is 10.2. The van der Waals surface area contributed by atoms with Crippen LogP contribution in [0.25, 0.3) is 0 Å². The normalized spacial score (nSPS) is 14.6. The number of rotatable bonds is 3. The molecule has 0 aromatic heterocycles. The zero-order chi connectivity index (χ0) is 15.0. The fourth-order valence-corrected chi connectivity index (χ4v) is 2.94. The summed E-state index contributed by atoms with van der Waals surface area (Å²) in [5.41, 5.74) is 3.07. The van der Waals surface area contributed by atoms with E-state index in [1.165, 1.54) is 0 Å². The van der Waals surface area contributed by atoms with Gasteiger partial charge in [0.25, 0.3) is 0 Å². The number of fused-ring (bicyclic) bond motifs is 2. The molecular weight excluding hydrogens is 262 g/mol. The molecule has 0 aliphatic heterocycles. The molecule has 106 valence electrons. The third-order valence-corrected chi connectivity index (χ3v) is 4.11. The van der Waals surface area contributed by atoms with Crippen molar-refractivity contribution in [2.75, 3.05) is 7.05 Å². The molecule has 0 amide bonds. The zero-order valence-electron chi connectivity index (χ0n) is 12.1. The Balaban J connectivity index is 2.15. The predicted molar refractivity (Wildman–Crippen MR) is 81.8 cm³/mol. The van der Waals surface area contributed by atoms with E-state index in [0.717, 1.165) is 12.0 Å². The number of hydrogen-bond acceptors (Lipinski definition) is 3. The SMILES string of the molecule is CCC(NC)c1ccc2c(c1)C(=O)c1ccccc1C2=O. The smallest absolute Gasteiger partial charge is 0.194 e. The fourth-order valence-electron chi connectivity index (χ4n) is 2.94. The first kappa shape index (κ1) is 13.7. The van der Waals surface area contributed by atoms with Crippen LogP contribution in [0.15, 0.2) is 42.5 Å². The Morgan fingerprint density at radius 2 is 1.48 bits per heavy atom. The standard InChI is InChI=1S/C18H17NO2/c1-3-16(19-2)11-8-9-14-15(10-11)18(21)13-7-5-4-6-12(13)17(14)20/h4-10,16,19H,3H2,1-2H3. The second kappa shape index (κ2) is 5.26. The van der Waals surface area contributed by atoms with Crippen molar-refractivity contribution in [3.63, 3.8) is 0 Å². The summed E-state index contributed by atoms with van der Waals surface area (Å²) in [7, 11) is 1.90. The van der Waals surface area contributed by atoms with Gasteiger partial charge in [0, 0.05) is 28.3 Å². The molecule has 0 bridgehead atoms. The minimum Gasteiger partial charge on any atom is -0.313 e. The van der Waals surface area contributed by atoms with Gasteiger partial charge in [-0.25, -0.2) is 0 Å². The molecule has 0 saturated heterocycles. The number of benzene rings is 2. The van der Waals surface area contributed by atoms with E-state index in [9.17, 15) is 9.59 Å². The lowest BCUT2D eigenvalue weighted by molar-refractivity contribution is 0.0979. The van der Waals surface area contributed by atoms with Crippen LogP contribution in [0.4, 0.5) is 0 Å². The Morgan fingerprint density at radius 3 is 2.05 bits per heavy atom. The van der Waals surface area contributed by atoms with Gasteiger partial charge in [-0.3, -0.25) is 9.59 Å². The molecule has 1 unspecified atom stereocenters. The van der Waals surface area contributed by atoms with E-state index in [1.54, 1.807) is 30.3 Å². The molecule has 1 atom stereocenters. The maximum absolute atomic E-state index is 12.6. The summed E-state index contributed by atoms with van der Waals surface area (Å²) in [6.07, 6.45) is 0.925. The van der Waals surface area contributed by atoms with Crippen LogP contribution in [0.2, 0.25) is 0 Å². The van der Waals surface area contributed by atoms with E-state index in [2.05, 4.69) is 12.2 Å². The van der Waals surface area contributed by atoms with Gasteiger partial charge >= 0.3 is 0 Å². The molecular formula is C18H17NO2. The Hall–Kier alpha value is -2.26. The fraction of sp³-hybridized carbons (Fsp3) is 0.222. The van der Waals surface area contributed by atoms with Crippen LogP contribution >= 0.6 is 0 Å². The number of hydrogen-bond donors (Lipinski definition) is 1. The summed E-state index contributed by atoms with van der Waals surface area (Å²) >= 11 is 0. The van der Waals surface area contributed by atoms with Crippen molar-refractivity contribution < 1.29 is 9.59 Å². The lowest BCUT2D eigenvalue weighted by Gasteiger charge is -2.20. The van der Waals surface area contributed by atoms with Gasteiger partial charge in [-0.05, 0) is 31.2 Å². The monoisotopic (exact) mass is 279 g/mol. The third kappa shape index (κ3) is 2.10. The number of carbonyl (C=O) groups is 2. The Kier molecular flexibility index (Phi) is 3.43. The molecule has 2 aromatic rings. The average Bonchev–Trinajstić information content (AvgIpc) is 2.54. The van der Waals surface area contributed by atoms with Crippen LogP contribution in [0.5, 0.6) is 0 Å². The average molecular weight is 279 g/mol. The zero-order valence-corrected chi connectivity index (χ0v) is 12.1. The van der Waals surface area contributed by atoms with Crippen LogP contribution in [-0.4, -0.2) is 18.6 Å². The molecule has 0 saturated carbocycles. The highest BCUT2D eigenvalue weighted by Gasteiger charge is 2.29. The maximum Gasteiger partial charge on any atom is 0.194 e. The van der Waals surface area contributed by atoms with E-state index >= 15 is 0 Å². The van der Waals surface area contributed by atoms with E-state index in [-0.39, 0.29) is 17.6 Å². The van der Waals surface area contributed by atoms with Crippen molar-refractivity contribution in [2.45, 2.75) is 19.4 Å². The molecule has 0 fully saturated rings. The van der Waals surface area contributed by atoms with Crippen LogP contribution in [0.1, 0.15) is 56.8 Å². The van der Waals surface area contributed by atoms with Gasteiger partial charge in [-0.1, -0.05) is 37.3 Å². The third-order valence-electron chi connectivity index (χ3n) is 4.11. The van der Waals surface area contributed by atoms with Crippen molar-refractivity contribution >= 4 is 11.6 Å². The van der Waals surface area contributed by atoms with E-state index in [0.29, 0.717) is 22.3 Å². The summed E-state index contributed by atoms with van der Waals surface area (Å²) in [6.45, 7) is 2.09. The van der Waals surface area contributed by atoms with Gasteiger partial charge in [0.05, 0.1) is 0 Å². The van der Waals surface area contributed by atoms with Crippen LogP contribution in [0.3, 0.4) is 0 Å². The largest absolute Gasteiger partial charge is 0.313 e. The summed E-state index contributed by atoms with van der Waals surface area (Å²) in [6, 6.07) is 12.8. The van der Waals surface area contributed by atoms with E-state index < -0.39 is 0 Å². The molecule has 2 aromatic carbocycles. The van der Waals surface area contributed by atoms with Gasteiger partial charge in [-0.2, -0.15) is 0 Å². The molecule has 0 heterocycles. The molecule has 3 nitrogen and oxygen atoms in total. The number of nitrogens with one attached hydrogen (secondary N) is 1. The molecule has 1 aliphatic rings. The quantitative estimate of drug-likeness (QED) is 0.801. The second-order valence-corrected chi connectivity index (χ2v) is 5.26. The van der Waals surface area contributed by atoms with Crippen LogP contribution in [0, 0.1) is 0 Å². The van der Waals surface area contributed by atoms with Gasteiger partial charge in [0.1, 0.15) is 0 Å². The molecule has 0 radical (unpaired) electrons. The van der Waals surface area contributed by atoms with Crippen molar-refractivity contribution in [3.05, 3.63) is 70.3 Å². The molecule has 21 heavy (non-hydrogen) atoms. The molecule has 1 N–H and O–H groups in total. The lowest BCUT2D eigenvalue weighted by Crippen LogP contribution is -2.22. The van der Waals surface area contributed by atoms with Gasteiger partial charge in [0.2, 0.25) is 0 Å². The molecule has 3 heteroatoms. The summed E-state index contributed by atoms with van der Waals surface area (Å²) in [5.74, 6) is -0.128. The molecule has 3 rings (SSSR count). The topological polar surface area (TPSA) is 46.2 Å². The van der Waals surface area contributed by atoms with E-state index in [4.69, 9.17) is 0 Å². The molecule has 0 spiro atoms. The minimum atomic E-state index is -0.0655. The van der Waals surface area contributed by atoms with Crippen molar-refractivity contribution in [1.82, 2.24) is 5.32 Å². The Morgan fingerprint density at radius 1 is 0.905 bits per heavy atom. The summed E-state index contributed by atoms with van der Waals surface area (Å²) in [4.78, 5) is 25.1. The highest BCUT2D eigenvalue weighted by molar-refractivity contribution is 6.28. The number of ketones is 2. The summed E-state index contributed by atoms with van der Waals surface area (Å²) < 4.78 is 0. The Labute approximate surface area is 124 Å².